The lowest BCUT2D eigenvalue weighted by molar-refractivity contribution is 0.101. The van der Waals surface area contributed by atoms with Crippen molar-refractivity contribution in [2.24, 2.45) is 0 Å². The quantitative estimate of drug-likeness (QED) is 0.745. The van der Waals surface area contributed by atoms with Crippen molar-refractivity contribution in [1.82, 2.24) is 4.98 Å². The molecule has 0 bridgehead atoms. The monoisotopic (exact) mass is 221 g/mol. The Morgan fingerprint density at radius 1 is 1.50 bits per heavy atom. The van der Waals surface area contributed by atoms with Crippen LogP contribution in [-0.4, -0.2) is 37.1 Å². The molecule has 5 heteroatoms. The van der Waals surface area contributed by atoms with Crippen LogP contribution in [0, 0.1) is 0 Å². The van der Waals surface area contributed by atoms with Gasteiger partial charge in [-0.15, -0.1) is 0 Å². The first-order valence-electron chi connectivity index (χ1n) is 5.27. The van der Waals surface area contributed by atoms with Crippen LogP contribution in [0.25, 0.3) is 0 Å². The molecule has 0 unspecified atom stereocenters. The predicted octanol–water partition coefficient (Wildman–Crippen LogP) is 0.703. The van der Waals surface area contributed by atoms with Gasteiger partial charge in [0, 0.05) is 13.1 Å². The predicted molar refractivity (Wildman–Crippen MR) is 61.7 cm³/mol. The van der Waals surface area contributed by atoms with Gasteiger partial charge >= 0.3 is 0 Å². The first-order chi connectivity index (χ1) is 7.68. The van der Waals surface area contributed by atoms with E-state index in [2.05, 4.69) is 9.88 Å². The minimum absolute atomic E-state index is 0.0127. The number of anilines is 2. The molecule has 2 heterocycles. The number of aromatic nitrogens is 1. The fraction of sp³-hybridized carbons (Fsp3) is 0.455. The van der Waals surface area contributed by atoms with Gasteiger partial charge in [0.15, 0.2) is 5.78 Å². The van der Waals surface area contributed by atoms with E-state index >= 15 is 0 Å². The van der Waals surface area contributed by atoms with Crippen molar-refractivity contribution in [2.75, 3.05) is 36.9 Å². The van der Waals surface area contributed by atoms with Crippen LogP contribution in [0.15, 0.2) is 12.3 Å². The molecule has 0 atom stereocenters. The fourth-order valence-electron chi connectivity index (χ4n) is 1.76. The van der Waals surface area contributed by atoms with Gasteiger partial charge in [0.05, 0.1) is 30.7 Å². The Morgan fingerprint density at radius 3 is 2.81 bits per heavy atom. The molecule has 0 aliphatic carbocycles. The van der Waals surface area contributed by atoms with E-state index in [1.165, 1.54) is 6.92 Å². The average molecular weight is 221 g/mol. The second-order valence-electron chi connectivity index (χ2n) is 3.80. The number of hydrogen-bond donors (Lipinski definition) is 1. The maximum absolute atomic E-state index is 11.5. The van der Waals surface area contributed by atoms with Crippen molar-refractivity contribution in [3.05, 3.63) is 17.8 Å². The number of rotatable bonds is 2. The van der Waals surface area contributed by atoms with Crippen molar-refractivity contribution in [2.45, 2.75) is 6.92 Å². The third-order valence-corrected chi connectivity index (χ3v) is 2.58. The molecule has 1 aliphatic rings. The lowest BCUT2D eigenvalue weighted by atomic mass is 10.1. The largest absolute Gasteiger partial charge is 0.397 e. The van der Waals surface area contributed by atoms with Gasteiger partial charge in [-0.1, -0.05) is 0 Å². The zero-order valence-electron chi connectivity index (χ0n) is 9.27. The first kappa shape index (κ1) is 10.9. The van der Waals surface area contributed by atoms with Gasteiger partial charge in [-0.3, -0.25) is 4.79 Å². The SMILES string of the molecule is CC(=O)c1cc(N)cnc1N1CCOCC1. The molecule has 0 saturated carbocycles. The van der Waals surface area contributed by atoms with Crippen LogP contribution in [0.3, 0.4) is 0 Å². The Balaban J connectivity index is 2.34. The van der Waals surface area contributed by atoms with E-state index in [0.29, 0.717) is 30.3 Å². The van der Waals surface area contributed by atoms with E-state index in [0.717, 1.165) is 13.1 Å². The molecule has 0 amide bonds. The second-order valence-corrected chi connectivity index (χ2v) is 3.80. The van der Waals surface area contributed by atoms with Crippen LogP contribution in [0.2, 0.25) is 0 Å². The highest BCUT2D eigenvalue weighted by Crippen LogP contribution is 2.21. The van der Waals surface area contributed by atoms with Gasteiger partial charge in [0.2, 0.25) is 0 Å². The number of ether oxygens (including phenoxy) is 1. The van der Waals surface area contributed by atoms with Crippen molar-refractivity contribution >= 4 is 17.3 Å². The Hall–Kier alpha value is -1.62. The van der Waals surface area contributed by atoms with E-state index in [1.54, 1.807) is 12.3 Å². The molecule has 1 aromatic rings. The number of morpholine rings is 1. The highest BCUT2D eigenvalue weighted by atomic mass is 16.5. The molecule has 0 radical (unpaired) electrons. The lowest BCUT2D eigenvalue weighted by Crippen LogP contribution is -2.37. The summed E-state index contributed by atoms with van der Waals surface area (Å²) in [4.78, 5) is 17.8. The number of carbonyl (C=O) groups is 1. The molecule has 16 heavy (non-hydrogen) atoms. The summed E-state index contributed by atoms with van der Waals surface area (Å²) in [7, 11) is 0. The van der Waals surface area contributed by atoms with E-state index in [9.17, 15) is 4.79 Å². The molecule has 1 aliphatic heterocycles. The highest BCUT2D eigenvalue weighted by Gasteiger charge is 2.18. The van der Waals surface area contributed by atoms with E-state index < -0.39 is 0 Å². The van der Waals surface area contributed by atoms with Crippen molar-refractivity contribution in [3.63, 3.8) is 0 Å². The molecule has 0 aromatic carbocycles. The zero-order chi connectivity index (χ0) is 11.5. The second kappa shape index (κ2) is 4.49. The lowest BCUT2D eigenvalue weighted by Gasteiger charge is -2.29. The summed E-state index contributed by atoms with van der Waals surface area (Å²) in [5.74, 6) is 0.700. The topological polar surface area (TPSA) is 68.5 Å². The standard InChI is InChI=1S/C11H15N3O2/c1-8(15)10-6-9(12)7-13-11(10)14-2-4-16-5-3-14/h6-7H,2-5,12H2,1H3. The average Bonchev–Trinajstić information content (AvgIpc) is 2.30. The molecular formula is C11H15N3O2. The van der Waals surface area contributed by atoms with Crippen LogP contribution in [-0.2, 0) is 4.74 Å². The van der Waals surface area contributed by atoms with Crippen LogP contribution < -0.4 is 10.6 Å². The number of pyridine rings is 1. The van der Waals surface area contributed by atoms with Gasteiger partial charge in [0.25, 0.3) is 0 Å². The van der Waals surface area contributed by atoms with Crippen molar-refractivity contribution in [1.29, 1.82) is 0 Å². The number of hydrogen-bond acceptors (Lipinski definition) is 5. The maximum atomic E-state index is 11.5. The Bertz CT molecular complexity index is 400. The number of nitrogens with two attached hydrogens (primary N) is 1. The fourth-order valence-corrected chi connectivity index (χ4v) is 1.76. The Morgan fingerprint density at radius 2 is 2.19 bits per heavy atom. The first-order valence-corrected chi connectivity index (χ1v) is 5.27. The normalized spacial score (nSPS) is 16.2. The van der Waals surface area contributed by atoms with Gasteiger partial charge < -0.3 is 15.4 Å². The minimum atomic E-state index is -0.0127. The molecule has 2 N–H and O–H groups in total. The summed E-state index contributed by atoms with van der Waals surface area (Å²) in [5, 5.41) is 0. The highest BCUT2D eigenvalue weighted by molar-refractivity contribution is 5.99. The van der Waals surface area contributed by atoms with Crippen LogP contribution in [0.5, 0.6) is 0 Å². The summed E-state index contributed by atoms with van der Waals surface area (Å²) < 4.78 is 5.27. The van der Waals surface area contributed by atoms with Gasteiger partial charge in [0.1, 0.15) is 5.82 Å². The Labute approximate surface area is 94.2 Å². The van der Waals surface area contributed by atoms with E-state index in [-0.39, 0.29) is 5.78 Å². The number of carbonyl (C=O) groups excluding carboxylic acids is 1. The molecule has 1 fully saturated rings. The van der Waals surface area contributed by atoms with Crippen LogP contribution >= 0.6 is 0 Å². The molecule has 5 nitrogen and oxygen atoms in total. The minimum Gasteiger partial charge on any atom is -0.397 e. The summed E-state index contributed by atoms with van der Waals surface area (Å²) in [6.07, 6.45) is 1.58. The zero-order valence-corrected chi connectivity index (χ0v) is 9.27. The third kappa shape index (κ3) is 2.14. The van der Waals surface area contributed by atoms with Crippen molar-refractivity contribution in [3.8, 4) is 0 Å². The van der Waals surface area contributed by atoms with Crippen LogP contribution in [0.1, 0.15) is 17.3 Å². The summed E-state index contributed by atoms with van der Waals surface area (Å²) in [6, 6.07) is 1.68. The number of nitrogens with zero attached hydrogens (tertiary/aromatic N) is 2. The molecule has 1 aromatic heterocycles. The smallest absolute Gasteiger partial charge is 0.163 e. The number of nitrogen functional groups attached to an aromatic ring is 1. The summed E-state index contributed by atoms with van der Waals surface area (Å²) >= 11 is 0. The molecular weight excluding hydrogens is 206 g/mol. The van der Waals surface area contributed by atoms with E-state index in [1.807, 2.05) is 0 Å². The number of ketones is 1. The van der Waals surface area contributed by atoms with Crippen LogP contribution in [0.4, 0.5) is 11.5 Å². The molecule has 0 spiro atoms. The van der Waals surface area contributed by atoms with E-state index in [4.69, 9.17) is 10.5 Å². The molecule has 2 rings (SSSR count). The van der Waals surface area contributed by atoms with Crippen molar-refractivity contribution < 1.29 is 9.53 Å². The van der Waals surface area contributed by atoms with Gasteiger partial charge in [-0.05, 0) is 13.0 Å². The van der Waals surface area contributed by atoms with Gasteiger partial charge in [-0.2, -0.15) is 0 Å². The summed E-state index contributed by atoms with van der Waals surface area (Å²) in [6.45, 7) is 4.39. The summed E-state index contributed by atoms with van der Waals surface area (Å²) in [5.41, 5.74) is 6.74. The van der Waals surface area contributed by atoms with Gasteiger partial charge in [-0.25, -0.2) is 4.98 Å². The third-order valence-electron chi connectivity index (χ3n) is 2.58. The maximum Gasteiger partial charge on any atom is 0.163 e. The Kier molecular flexibility index (Phi) is 3.05. The number of Topliss-reactive ketones (excluding diaryl/α,β-unsaturated/α-hetero) is 1. The molecule has 86 valence electrons. The molecule has 1 saturated heterocycles.